The first-order valence-corrected chi connectivity index (χ1v) is 20.7. The highest BCUT2D eigenvalue weighted by Gasteiger charge is 2.44. The van der Waals surface area contributed by atoms with Crippen molar-refractivity contribution in [3.63, 3.8) is 0 Å². The van der Waals surface area contributed by atoms with Crippen LogP contribution in [0.25, 0.3) is 0 Å². The van der Waals surface area contributed by atoms with Crippen LogP contribution in [0.3, 0.4) is 0 Å². The van der Waals surface area contributed by atoms with Gasteiger partial charge in [-0.25, -0.2) is 4.79 Å². The van der Waals surface area contributed by atoms with E-state index in [0.717, 1.165) is 63.2 Å². The molecule has 4 atom stereocenters. The van der Waals surface area contributed by atoms with Gasteiger partial charge in [-0.1, -0.05) is 48.5 Å². The molecule has 2 saturated carbocycles. The predicted octanol–water partition coefficient (Wildman–Crippen LogP) is 9.05. The summed E-state index contributed by atoms with van der Waals surface area (Å²) in [6, 6.07) is 24.2. The van der Waals surface area contributed by atoms with Crippen molar-refractivity contribution >= 4 is 17.8 Å². The normalized spacial score (nSPS) is 29.3. The fourth-order valence-corrected chi connectivity index (χ4v) is 10.9. The monoisotopic (exact) mass is 774 g/mol. The second-order valence-electron chi connectivity index (χ2n) is 16.9. The van der Waals surface area contributed by atoms with E-state index in [0.29, 0.717) is 24.2 Å². The summed E-state index contributed by atoms with van der Waals surface area (Å²) in [4.78, 5) is 40.5. The predicted molar refractivity (Wildman–Crippen MR) is 204 cm³/mol. The van der Waals surface area contributed by atoms with Crippen LogP contribution >= 0.6 is 0 Å². The molecule has 4 bridgehead atoms. The fraction of sp³-hybridized carbons (Fsp3) is 0.568. The van der Waals surface area contributed by atoms with Crippen LogP contribution in [-0.2, 0) is 4.79 Å². The molecule has 2 saturated heterocycles. The maximum absolute atomic E-state index is 13.1. The SMILES string of the molecule is O=C(NC1CCC(CCN2C3CC[C@@H]2c2ccccc23)CC1)c1ccc(C(=O)NC2CCC(CCN3[C@@H]4CC[C@H]3c3ccccc34)CC2)o1.O=C(O)C(F)(F)F. The van der Waals surface area contributed by atoms with E-state index in [1.807, 2.05) is 0 Å². The number of carboxylic acids is 1. The van der Waals surface area contributed by atoms with Crippen molar-refractivity contribution in [2.24, 2.45) is 11.8 Å². The lowest BCUT2D eigenvalue weighted by Gasteiger charge is -2.31. The standard InChI is InChI=1S/C42H52N4O3.C2HF3O2/c47-41(43-29-13-9-27(10-14-29)23-25-45-35-17-18-36(45)32-6-2-1-5-31(32)35)39-21-22-40(49-39)42(48)44-30-15-11-28(12-16-30)24-26-46-37-19-20-38(46)34-8-4-3-7-33(34)37;3-2(4,5)1(6)7/h1-8,21-22,27-30,35-38H,9-20,23-26H2,(H,43,47)(H,44,48);(H,6,7)/t27?,28?,29?,30?,35-,36+,37-,38?;/m1./s1. The summed E-state index contributed by atoms with van der Waals surface area (Å²) in [5.74, 6) is -1.25. The zero-order valence-electron chi connectivity index (χ0n) is 31.8. The zero-order chi connectivity index (χ0) is 39.0. The summed E-state index contributed by atoms with van der Waals surface area (Å²) < 4.78 is 37.5. The van der Waals surface area contributed by atoms with Gasteiger partial charge in [-0.15, -0.1) is 0 Å². The minimum absolute atomic E-state index is 0.171. The number of amides is 2. The second-order valence-corrected chi connectivity index (χ2v) is 16.9. The largest absolute Gasteiger partial charge is 0.490 e. The van der Waals surface area contributed by atoms with Gasteiger partial charge in [0.1, 0.15) is 0 Å². The Labute approximate surface area is 326 Å². The molecule has 1 aromatic heterocycles. The van der Waals surface area contributed by atoms with Crippen LogP contribution in [0.1, 0.15) is 157 Å². The van der Waals surface area contributed by atoms with Crippen molar-refractivity contribution in [2.45, 2.75) is 132 Å². The Kier molecular flexibility index (Phi) is 11.3. The van der Waals surface area contributed by atoms with Crippen LogP contribution in [0.2, 0.25) is 0 Å². The van der Waals surface area contributed by atoms with Gasteiger partial charge >= 0.3 is 12.1 Å². The van der Waals surface area contributed by atoms with Gasteiger partial charge in [0.2, 0.25) is 0 Å². The molecule has 2 aliphatic carbocycles. The summed E-state index contributed by atoms with van der Waals surface area (Å²) >= 11 is 0. The Bertz CT molecular complexity index is 1700. The van der Waals surface area contributed by atoms with Crippen molar-refractivity contribution in [3.8, 4) is 0 Å². The Morgan fingerprint density at radius 3 is 1.20 bits per heavy atom. The third-order valence-corrected chi connectivity index (χ3v) is 13.7. The molecule has 9 nitrogen and oxygen atoms in total. The van der Waals surface area contributed by atoms with Gasteiger partial charge in [-0.05, 0) is 149 Å². The number of nitrogens with zero attached hydrogens (tertiary/aromatic N) is 2. The van der Waals surface area contributed by atoms with E-state index in [9.17, 15) is 22.8 Å². The number of carbonyl (C=O) groups is 3. The highest BCUT2D eigenvalue weighted by molar-refractivity contribution is 5.95. The summed E-state index contributed by atoms with van der Waals surface area (Å²) in [7, 11) is 0. The average molecular weight is 775 g/mol. The second kappa shape index (κ2) is 16.4. The number of nitrogens with one attached hydrogen (secondary N) is 2. The van der Waals surface area contributed by atoms with Crippen molar-refractivity contribution in [1.82, 2.24) is 20.4 Å². The number of aliphatic carboxylic acids is 1. The zero-order valence-corrected chi connectivity index (χ0v) is 31.8. The molecule has 2 amide bonds. The Hall–Kier alpha value is -4.16. The van der Waals surface area contributed by atoms with E-state index in [1.54, 1.807) is 34.4 Å². The quantitative estimate of drug-likeness (QED) is 0.188. The number of carboxylic acid groups (broad SMARTS) is 1. The summed E-state index contributed by atoms with van der Waals surface area (Å²) in [5.41, 5.74) is 6.25. The lowest BCUT2D eigenvalue weighted by Crippen LogP contribution is -2.38. The van der Waals surface area contributed by atoms with E-state index in [4.69, 9.17) is 14.3 Å². The first-order valence-electron chi connectivity index (χ1n) is 20.7. The maximum atomic E-state index is 13.1. The van der Waals surface area contributed by atoms with Crippen LogP contribution in [0.5, 0.6) is 0 Å². The number of benzene rings is 2. The molecule has 3 aromatic rings. The van der Waals surface area contributed by atoms with E-state index < -0.39 is 12.1 Å². The average Bonchev–Trinajstić information content (AvgIpc) is 4.04. The number of fused-ring (bicyclic) bond motifs is 10. The Morgan fingerprint density at radius 1 is 0.571 bits per heavy atom. The van der Waals surface area contributed by atoms with Gasteiger partial charge in [-0.2, -0.15) is 13.2 Å². The number of hydrogen-bond donors (Lipinski definition) is 3. The number of furan rings is 1. The lowest BCUT2D eigenvalue weighted by atomic mass is 9.84. The molecule has 4 fully saturated rings. The van der Waals surface area contributed by atoms with Gasteiger partial charge in [0.15, 0.2) is 11.5 Å². The number of halogens is 3. The molecule has 2 aromatic carbocycles. The molecule has 4 aliphatic heterocycles. The molecule has 3 N–H and O–H groups in total. The van der Waals surface area contributed by atoms with Gasteiger partial charge in [-0.3, -0.25) is 19.4 Å². The van der Waals surface area contributed by atoms with E-state index in [1.165, 1.54) is 51.6 Å². The van der Waals surface area contributed by atoms with Gasteiger partial charge in [0.25, 0.3) is 11.8 Å². The minimum Gasteiger partial charge on any atom is -0.475 e. The fourth-order valence-electron chi connectivity index (χ4n) is 10.9. The molecule has 56 heavy (non-hydrogen) atoms. The number of alkyl halides is 3. The topological polar surface area (TPSA) is 115 Å². The van der Waals surface area contributed by atoms with Crippen LogP contribution < -0.4 is 10.6 Å². The first-order chi connectivity index (χ1) is 27.0. The number of rotatable bonds is 10. The van der Waals surface area contributed by atoms with E-state index in [-0.39, 0.29) is 35.4 Å². The van der Waals surface area contributed by atoms with Crippen molar-refractivity contribution < 1.29 is 37.1 Å². The van der Waals surface area contributed by atoms with Gasteiger partial charge in [0.05, 0.1) is 0 Å². The first kappa shape index (κ1) is 38.7. The molecule has 1 unspecified atom stereocenters. The molecule has 6 aliphatic rings. The van der Waals surface area contributed by atoms with E-state index >= 15 is 0 Å². The van der Waals surface area contributed by atoms with Crippen LogP contribution in [0, 0.1) is 11.8 Å². The highest BCUT2D eigenvalue weighted by atomic mass is 19.4. The third-order valence-electron chi connectivity index (χ3n) is 13.7. The third kappa shape index (κ3) is 8.14. The van der Waals surface area contributed by atoms with Crippen LogP contribution in [0.4, 0.5) is 13.2 Å². The summed E-state index contributed by atoms with van der Waals surface area (Å²) in [5, 5.41) is 13.5. The van der Waals surface area contributed by atoms with Crippen molar-refractivity contribution in [3.05, 3.63) is 94.4 Å². The molecular weight excluding hydrogens is 722 g/mol. The molecule has 300 valence electrons. The summed E-state index contributed by atoms with van der Waals surface area (Å²) in [6.07, 6.45) is 11.3. The molecule has 0 spiro atoms. The number of hydrogen-bond acceptors (Lipinski definition) is 6. The lowest BCUT2D eigenvalue weighted by molar-refractivity contribution is -0.192. The smallest absolute Gasteiger partial charge is 0.475 e. The summed E-state index contributed by atoms with van der Waals surface area (Å²) in [6.45, 7) is 2.36. The molecule has 9 rings (SSSR count). The molecule has 12 heteroatoms. The Morgan fingerprint density at radius 2 is 0.893 bits per heavy atom. The van der Waals surface area contributed by atoms with Crippen molar-refractivity contribution in [2.75, 3.05) is 13.1 Å². The minimum atomic E-state index is -5.08. The van der Waals surface area contributed by atoms with Gasteiger partial charge < -0.3 is 20.2 Å². The van der Waals surface area contributed by atoms with E-state index in [2.05, 4.69) is 69.0 Å². The molecule has 5 heterocycles. The van der Waals surface area contributed by atoms with Gasteiger partial charge in [0, 0.05) is 36.3 Å². The Balaban J connectivity index is 0.000000579. The molecule has 0 radical (unpaired) electrons. The van der Waals surface area contributed by atoms with Crippen LogP contribution in [-0.4, -0.2) is 64.0 Å². The van der Waals surface area contributed by atoms with Crippen molar-refractivity contribution in [1.29, 1.82) is 0 Å². The number of carbonyl (C=O) groups excluding carboxylic acids is 2. The molecular formula is C44H53F3N4O5. The highest BCUT2D eigenvalue weighted by Crippen LogP contribution is 2.54. The van der Waals surface area contributed by atoms with Crippen LogP contribution in [0.15, 0.2) is 65.1 Å². The maximum Gasteiger partial charge on any atom is 0.490 e.